The van der Waals surface area contributed by atoms with Crippen molar-refractivity contribution in [2.24, 2.45) is 5.92 Å². The van der Waals surface area contributed by atoms with Crippen molar-refractivity contribution in [3.8, 4) is 11.1 Å². The molecule has 2 aliphatic rings. The zero-order valence-electron chi connectivity index (χ0n) is 22.3. The van der Waals surface area contributed by atoms with Gasteiger partial charge in [0.15, 0.2) is 5.69 Å². The number of aliphatic carboxylic acids is 1. The highest BCUT2D eigenvalue weighted by Gasteiger charge is 2.42. The normalized spacial score (nSPS) is 19.3. The van der Waals surface area contributed by atoms with Gasteiger partial charge in [-0.3, -0.25) is 9.59 Å². The van der Waals surface area contributed by atoms with E-state index in [1.54, 1.807) is 41.3 Å². The van der Waals surface area contributed by atoms with Gasteiger partial charge in [-0.05, 0) is 60.9 Å². The molecule has 216 valence electrons. The van der Waals surface area contributed by atoms with Crippen LogP contribution >= 0.6 is 0 Å². The van der Waals surface area contributed by atoms with E-state index < -0.39 is 41.5 Å². The first kappa shape index (κ1) is 28.2. The third kappa shape index (κ3) is 5.91. The highest BCUT2D eigenvalue weighted by Crippen LogP contribution is 2.36. The number of alkyl halides is 3. The molecule has 0 aliphatic carbocycles. The Bertz CT molecular complexity index is 1450. The van der Waals surface area contributed by atoms with E-state index in [1.807, 2.05) is 6.92 Å². The summed E-state index contributed by atoms with van der Waals surface area (Å²) in [5.41, 5.74) is 0.324. The van der Waals surface area contributed by atoms with Crippen LogP contribution in [0.25, 0.3) is 11.1 Å². The summed E-state index contributed by atoms with van der Waals surface area (Å²) in [6.45, 7) is 3.31. The fourth-order valence-electron chi connectivity index (χ4n) is 5.42. The molecule has 3 aromatic rings. The van der Waals surface area contributed by atoms with Crippen LogP contribution in [0.15, 0.2) is 52.9 Å². The van der Waals surface area contributed by atoms with Gasteiger partial charge in [0, 0.05) is 30.9 Å². The molecule has 2 fully saturated rings. The Morgan fingerprint density at radius 3 is 2.41 bits per heavy atom. The summed E-state index contributed by atoms with van der Waals surface area (Å²) in [5, 5.41) is 11.9. The second kappa shape index (κ2) is 11.3. The van der Waals surface area contributed by atoms with E-state index in [-0.39, 0.29) is 17.6 Å². The lowest BCUT2D eigenvalue weighted by molar-refractivity contribution is -0.142. The third-order valence-corrected chi connectivity index (χ3v) is 7.43. The second-order valence-corrected chi connectivity index (χ2v) is 10.4. The van der Waals surface area contributed by atoms with Gasteiger partial charge in [0.05, 0.1) is 0 Å². The van der Waals surface area contributed by atoms with Crippen LogP contribution in [0.4, 0.5) is 24.9 Å². The van der Waals surface area contributed by atoms with Crippen molar-refractivity contribution >= 4 is 29.5 Å². The van der Waals surface area contributed by atoms with Crippen molar-refractivity contribution in [3.63, 3.8) is 0 Å². The molecule has 0 spiro atoms. The van der Waals surface area contributed by atoms with Crippen molar-refractivity contribution in [1.29, 1.82) is 0 Å². The number of carbonyl (C=O) groups is 3. The summed E-state index contributed by atoms with van der Waals surface area (Å²) in [6, 6.07) is 11.9. The van der Waals surface area contributed by atoms with Gasteiger partial charge in [0.2, 0.25) is 5.76 Å². The highest BCUT2D eigenvalue weighted by atomic mass is 19.4. The molecule has 1 aromatic heterocycles. The molecule has 41 heavy (non-hydrogen) atoms. The van der Waals surface area contributed by atoms with Crippen molar-refractivity contribution in [2.75, 3.05) is 29.9 Å². The number of nitrogens with one attached hydrogen (secondary N) is 1. The molecule has 3 heterocycles. The minimum atomic E-state index is -4.88. The Morgan fingerprint density at radius 2 is 1.73 bits per heavy atom. The number of nitrogens with zero attached hydrogens (tertiary/aromatic N) is 3. The smallest absolute Gasteiger partial charge is 0.437 e. The number of carbonyl (C=O) groups excluding carboxylic acids is 2. The average molecular weight is 571 g/mol. The number of halogens is 3. The fraction of sp³-hybridized carbons (Fsp3) is 0.379. The topological polar surface area (TPSA) is 116 Å². The predicted molar refractivity (Wildman–Crippen MR) is 144 cm³/mol. The minimum Gasteiger partial charge on any atom is -0.480 e. The molecule has 0 saturated carbocycles. The van der Waals surface area contributed by atoms with Crippen LogP contribution in [-0.4, -0.2) is 58.5 Å². The van der Waals surface area contributed by atoms with Crippen LogP contribution in [-0.2, 0) is 11.0 Å². The van der Waals surface area contributed by atoms with Crippen molar-refractivity contribution in [1.82, 2.24) is 9.88 Å². The standard InChI is InChI=1S/C29H29F3N4O5/c1-17-6-4-14-35(16-17)28-34-24(29(30,31)32)23(41-28)25(37)33-19-12-10-18(11-13-19)20-7-2-3-8-21(20)26(38)36-15-5-9-22(36)27(39)40/h2-3,7-8,10-13,17,22H,4-6,9,14-16H2,1H3,(H,33,37)(H,39,40). The Morgan fingerprint density at radius 1 is 1.02 bits per heavy atom. The number of likely N-dealkylation sites (tertiary alicyclic amines) is 1. The van der Waals surface area contributed by atoms with Gasteiger partial charge in [0.1, 0.15) is 6.04 Å². The monoisotopic (exact) mass is 570 g/mol. The Hall–Kier alpha value is -4.35. The molecule has 2 saturated heterocycles. The first-order valence-corrected chi connectivity index (χ1v) is 13.4. The number of oxazole rings is 1. The lowest BCUT2D eigenvalue weighted by atomic mass is 9.98. The number of anilines is 2. The summed E-state index contributed by atoms with van der Waals surface area (Å²) >= 11 is 0. The number of amides is 2. The molecule has 2 aliphatic heterocycles. The van der Waals surface area contributed by atoms with E-state index in [4.69, 9.17) is 4.42 Å². The maximum Gasteiger partial charge on any atom is 0.437 e. The Kier molecular flexibility index (Phi) is 7.74. The molecule has 2 atom stereocenters. The number of aromatic nitrogens is 1. The van der Waals surface area contributed by atoms with Crippen molar-refractivity contribution < 1.29 is 37.1 Å². The van der Waals surface area contributed by atoms with Crippen LogP contribution in [0, 0.1) is 5.92 Å². The van der Waals surface area contributed by atoms with Gasteiger partial charge < -0.3 is 24.6 Å². The van der Waals surface area contributed by atoms with Gasteiger partial charge in [-0.25, -0.2) is 4.79 Å². The average Bonchev–Trinajstić information content (AvgIpc) is 3.62. The number of piperidine rings is 1. The number of carboxylic acids is 1. The maximum absolute atomic E-state index is 13.7. The largest absolute Gasteiger partial charge is 0.480 e. The Labute approximate surface area is 234 Å². The lowest BCUT2D eigenvalue weighted by Crippen LogP contribution is -2.40. The number of hydrogen-bond acceptors (Lipinski definition) is 6. The SMILES string of the molecule is CC1CCCN(c2nc(C(F)(F)F)c(C(=O)Nc3ccc(-c4ccccc4C(=O)N4CCCC4C(=O)O)cc3)o2)C1. The molecule has 2 N–H and O–H groups in total. The van der Waals surface area contributed by atoms with Crippen LogP contribution in [0.2, 0.25) is 0 Å². The molecule has 12 heteroatoms. The summed E-state index contributed by atoms with van der Waals surface area (Å²) in [6.07, 6.45) is -2.17. The van der Waals surface area contributed by atoms with Crippen molar-refractivity contribution in [2.45, 2.75) is 44.8 Å². The first-order chi connectivity index (χ1) is 19.5. The number of benzene rings is 2. The van der Waals surface area contributed by atoms with E-state index in [0.717, 1.165) is 12.8 Å². The summed E-state index contributed by atoms with van der Waals surface area (Å²) < 4.78 is 46.6. The summed E-state index contributed by atoms with van der Waals surface area (Å²) in [4.78, 5) is 44.4. The van der Waals surface area contributed by atoms with Gasteiger partial charge in [-0.2, -0.15) is 18.2 Å². The van der Waals surface area contributed by atoms with E-state index in [1.165, 1.54) is 17.0 Å². The van der Waals surface area contributed by atoms with Crippen LogP contribution in [0.1, 0.15) is 59.2 Å². The number of rotatable bonds is 6. The molecule has 0 bridgehead atoms. The second-order valence-electron chi connectivity index (χ2n) is 10.4. The third-order valence-electron chi connectivity index (χ3n) is 7.43. The molecule has 2 amide bonds. The molecular weight excluding hydrogens is 541 g/mol. The lowest BCUT2D eigenvalue weighted by Gasteiger charge is -2.29. The maximum atomic E-state index is 13.7. The zero-order valence-corrected chi connectivity index (χ0v) is 22.3. The van der Waals surface area contributed by atoms with Crippen LogP contribution in [0.3, 0.4) is 0 Å². The van der Waals surface area contributed by atoms with E-state index >= 15 is 0 Å². The summed E-state index contributed by atoms with van der Waals surface area (Å²) in [7, 11) is 0. The zero-order chi connectivity index (χ0) is 29.3. The molecular formula is C29H29F3N4O5. The molecule has 9 nitrogen and oxygen atoms in total. The van der Waals surface area contributed by atoms with Crippen molar-refractivity contribution in [3.05, 3.63) is 65.5 Å². The van der Waals surface area contributed by atoms with Gasteiger partial charge in [0.25, 0.3) is 17.8 Å². The van der Waals surface area contributed by atoms with E-state index in [0.29, 0.717) is 49.2 Å². The molecule has 5 rings (SSSR count). The van der Waals surface area contributed by atoms with Gasteiger partial charge in [-0.1, -0.05) is 37.3 Å². The fourth-order valence-corrected chi connectivity index (χ4v) is 5.42. The van der Waals surface area contributed by atoms with Gasteiger partial charge >= 0.3 is 12.1 Å². The quantitative estimate of drug-likeness (QED) is 0.400. The Balaban J connectivity index is 1.36. The van der Waals surface area contributed by atoms with Gasteiger partial charge in [-0.15, -0.1) is 0 Å². The molecule has 0 radical (unpaired) electrons. The summed E-state index contributed by atoms with van der Waals surface area (Å²) in [5.74, 6) is -3.18. The predicted octanol–water partition coefficient (Wildman–Crippen LogP) is 5.54. The molecule has 2 aromatic carbocycles. The minimum absolute atomic E-state index is 0.214. The first-order valence-electron chi connectivity index (χ1n) is 13.4. The van der Waals surface area contributed by atoms with Crippen LogP contribution in [0.5, 0.6) is 0 Å². The number of carboxylic acid groups (broad SMARTS) is 1. The van der Waals surface area contributed by atoms with E-state index in [9.17, 15) is 32.7 Å². The van der Waals surface area contributed by atoms with E-state index in [2.05, 4.69) is 10.3 Å². The number of hydrogen-bond donors (Lipinski definition) is 2. The molecule has 2 unspecified atom stereocenters. The van der Waals surface area contributed by atoms with Crippen LogP contribution < -0.4 is 10.2 Å². The highest BCUT2D eigenvalue weighted by molar-refractivity contribution is 6.04.